The quantitative estimate of drug-likeness (QED) is 0.844. The molecule has 0 aliphatic heterocycles. The summed E-state index contributed by atoms with van der Waals surface area (Å²) in [5.41, 5.74) is 8.12. The van der Waals surface area contributed by atoms with Gasteiger partial charge in [-0.3, -0.25) is 4.90 Å². The highest BCUT2D eigenvalue weighted by molar-refractivity contribution is 9.10. The first kappa shape index (κ1) is 11.5. The molecule has 0 radical (unpaired) electrons. The van der Waals surface area contributed by atoms with Crippen LogP contribution in [0, 0.1) is 5.92 Å². The van der Waals surface area contributed by atoms with Gasteiger partial charge in [-0.2, -0.15) is 0 Å². The molecule has 2 aliphatic carbocycles. The van der Waals surface area contributed by atoms with Crippen molar-refractivity contribution in [3.8, 4) is 0 Å². The third-order valence-electron chi connectivity index (χ3n) is 3.73. The molecular weight excluding hydrogens is 276 g/mol. The lowest BCUT2D eigenvalue weighted by Gasteiger charge is -2.22. The van der Waals surface area contributed by atoms with E-state index in [1.165, 1.54) is 37.8 Å². The Morgan fingerprint density at radius 3 is 2.65 bits per heavy atom. The normalized spacial score (nSPS) is 19.9. The smallest absolute Gasteiger partial charge is 0.0461 e. The van der Waals surface area contributed by atoms with E-state index in [1.807, 2.05) is 6.07 Å². The first-order valence-corrected chi connectivity index (χ1v) is 7.30. The van der Waals surface area contributed by atoms with Gasteiger partial charge in [-0.05, 0) is 59.2 Å². The summed E-state index contributed by atoms with van der Waals surface area (Å²) in [6, 6.07) is 7.03. The van der Waals surface area contributed by atoms with E-state index in [-0.39, 0.29) is 0 Å². The van der Waals surface area contributed by atoms with Crippen molar-refractivity contribution in [3.63, 3.8) is 0 Å². The van der Waals surface area contributed by atoms with Crippen molar-refractivity contribution in [3.05, 3.63) is 28.2 Å². The lowest BCUT2D eigenvalue weighted by atomic mass is 10.2. The number of nitrogens with zero attached hydrogens (tertiary/aromatic N) is 1. The number of hydrogen-bond acceptors (Lipinski definition) is 2. The van der Waals surface area contributed by atoms with Crippen LogP contribution in [0.4, 0.5) is 5.69 Å². The standard InChI is InChI=1S/C14H19BrN2/c15-14-11(2-1-3-13(14)16)9-17(12-6-7-12)8-10-4-5-10/h1-3,10,12H,4-9,16H2. The van der Waals surface area contributed by atoms with Gasteiger partial charge in [0, 0.05) is 29.3 Å². The number of benzene rings is 1. The van der Waals surface area contributed by atoms with Gasteiger partial charge in [-0.1, -0.05) is 12.1 Å². The Hall–Kier alpha value is -0.540. The zero-order valence-corrected chi connectivity index (χ0v) is 11.6. The Morgan fingerprint density at radius 2 is 2.00 bits per heavy atom. The van der Waals surface area contributed by atoms with Gasteiger partial charge in [0.2, 0.25) is 0 Å². The average molecular weight is 295 g/mol. The highest BCUT2D eigenvalue weighted by atomic mass is 79.9. The number of nitrogens with two attached hydrogens (primary N) is 1. The molecule has 17 heavy (non-hydrogen) atoms. The first-order valence-electron chi connectivity index (χ1n) is 6.51. The second kappa shape index (κ2) is 4.62. The molecule has 1 aromatic rings. The van der Waals surface area contributed by atoms with Crippen molar-refractivity contribution in [1.29, 1.82) is 0 Å². The van der Waals surface area contributed by atoms with E-state index in [2.05, 4.69) is 33.0 Å². The molecule has 1 aromatic carbocycles. The molecule has 0 atom stereocenters. The number of anilines is 1. The Morgan fingerprint density at radius 1 is 1.24 bits per heavy atom. The minimum Gasteiger partial charge on any atom is -0.398 e. The highest BCUT2D eigenvalue weighted by Crippen LogP contribution is 2.36. The highest BCUT2D eigenvalue weighted by Gasteiger charge is 2.33. The SMILES string of the molecule is Nc1cccc(CN(CC2CC2)C2CC2)c1Br. The van der Waals surface area contributed by atoms with Crippen LogP contribution < -0.4 is 5.73 Å². The summed E-state index contributed by atoms with van der Waals surface area (Å²) in [5.74, 6) is 0.968. The zero-order chi connectivity index (χ0) is 11.8. The minimum absolute atomic E-state index is 0.837. The van der Waals surface area contributed by atoms with E-state index in [1.54, 1.807) is 0 Å². The predicted molar refractivity (Wildman–Crippen MR) is 74.7 cm³/mol. The number of rotatable bonds is 5. The minimum atomic E-state index is 0.837. The number of halogens is 1. The van der Waals surface area contributed by atoms with Gasteiger partial charge in [0.25, 0.3) is 0 Å². The van der Waals surface area contributed by atoms with Crippen LogP contribution in [0.1, 0.15) is 31.2 Å². The summed E-state index contributed by atoms with van der Waals surface area (Å²) in [5, 5.41) is 0. The predicted octanol–water partition coefficient (Wildman–Crippen LogP) is 3.41. The van der Waals surface area contributed by atoms with Crippen LogP contribution >= 0.6 is 15.9 Å². The Bertz CT molecular complexity index is 411. The van der Waals surface area contributed by atoms with E-state index in [0.29, 0.717) is 0 Å². The molecule has 0 amide bonds. The molecule has 0 spiro atoms. The molecule has 2 saturated carbocycles. The molecule has 2 nitrogen and oxygen atoms in total. The Balaban J connectivity index is 1.71. The fourth-order valence-electron chi connectivity index (χ4n) is 2.36. The topological polar surface area (TPSA) is 29.3 Å². The summed E-state index contributed by atoms with van der Waals surface area (Å²) in [6.07, 6.45) is 5.63. The lowest BCUT2D eigenvalue weighted by Crippen LogP contribution is -2.28. The van der Waals surface area contributed by atoms with Crippen molar-refractivity contribution >= 4 is 21.6 Å². The summed E-state index contributed by atoms with van der Waals surface area (Å²) in [7, 11) is 0. The van der Waals surface area contributed by atoms with Crippen LogP contribution in [-0.4, -0.2) is 17.5 Å². The van der Waals surface area contributed by atoms with Crippen LogP contribution in [0.5, 0.6) is 0 Å². The maximum Gasteiger partial charge on any atom is 0.0461 e. The van der Waals surface area contributed by atoms with Gasteiger partial charge in [0.05, 0.1) is 0 Å². The summed E-state index contributed by atoms with van der Waals surface area (Å²) in [4.78, 5) is 2.65. The summed E-state index contributed by atoms with van der Waals surface area (Å²) < 4.78 is 1.08. The maximum absolute atomic E-state index is 5.94. The first-order chi connectivity index (χ1) is 8.24. The molecule has 0 unspecified atom stereocenters. The largest absolute Gasteiger partial charge is 0.398 e. The van der Waals surface area contributed by atoms with E-state index in [0.717, 1.165) is 28.7 Å². The third kappa shape index (κ3) is 2.83. The van der Waals surface area contributed by atoms with Crippen molar-refractivity contribution in [1.82, 2.24) is 4.90 Å². The molecule has 3 heteroatoms. The molecule has 2 N–H and O–H groups in total. The van der Waals surface area contributed by atoms with E-state index >= 15 is 0 Å². The van der Waals surface area contributed by atoms with Crippen molar-refractivity contribution in [2.75, 3.05) is 12.3 Å². The van der Waals surface area contributed by atoms with Gasteiger partial charge in [0.1, 0.15) is 0 Å². The van der Waals surface area contributed by atoms with Crippen LogP contribution in [0.25, 0.3) is 0 Å². The van der Waals surface area contributed by atoms with Crippen molar-refractivity contribution in [2.45, 2.75) is 38.3 Å². The summed E-state index contributed by atoms with van der Waals surface area (Å²) in [6.45, 7) is 2.33. The molecule has 0 saturated heterocycles. The average Bonchev–Trinajstić information content (AvgIpc) is 3.15. The molecule has 2 fully saturated rings. The molecule has 3 rings (SSSR count). The molecule has 0 heterocycles. The number of hydrogen-bond donors (Lipinski definition) is 1. The fourth-order valence-corrected chi connectivity index (χ4v) is 2.74. The van der Waals surface area contributed by atoms with Crippen LogP contribution in [0.2, 0.25) is 0 Å². The monoisotopic (exact) mass is 294 g/mol. The molecular formula is C14H19BrN2. The van der Waals surface area contributed by atoms with Gasteiger partial charge < -0.3 is 5.73 Å². The molecule has 0 bridgehead atoms. The number of nitrogen functional groups attached to an aromatic ring is 1. The van der Waals surface area contributed by atoms with Crippen LogP contribution in [-0.2, 0) is 6.54 Å². The van der Waals surface area contributed by atoms with Crippen LogP contribution in [0.3, 0.4) is 0 Å². The molecule has 92 valence electrons. The zero-order valence-electron chi connectivity index (χ0n) is 10.0. The fraction of sp³-hybridized carbons (Fsp3) is 0.571. The van der Waals surface area contributed by atoms with Gasteiger partial charge in [-0.15, -0.1) is 0 Å². The summed E-state index contributed by atoms with van der Waals surface area (Å²) >= 11 is 3.61. The Kier molecular flexibility index (Phi) is 3.14. The van der Waals surface area contributed by atoms with Crippen molar-refractivity contribution < 1.29 is 0 Å². The van der Waals surface area contributed by atoms with E-state index in [4.69, 9.17) is 5.73 Å². The van der Waals surface area contributed by atoms with E-state index < -0.39 is 0 Å². The third-order valence-corrected chi connectivity index (χ3v) is 4.70. The second-order valence-corrected chi connectivity index (χ2v) is 6.22. The van der Waals surface area contributed by atoms with Gasteiger partial charge in [-0.25, -0.2) is 0 Å². The second-order valence-electron chi connectivity index (χ2n) is 5.42. The maximum atomic E-state index is 5.94. The lowest BCUT2D eigenvalue weighted by molar-refractivity contribution is 0.243. The van der Waals surface area contributed by atoms with Crippen molar-refractivity contribution in [2.24, 2.45) is 5.92 Å². The molecule has 2 aliphatic rings. The van der Waals surface area contributed by atoms with E-state index in [9.17, 15) is 0 Å². The van der Waals surface area contributed by atoms with Crippen LogP contribution in [0.15, 0.2) is 22.7 Å². The van der Waals surface area contributed by atoms with Gasteiger partial charge in [0.15, 0.2) is 0 Å². The molecule has 0 aromatic heterocycles. The Labute approximate surface area is 111 Å². The van der Waals surface area contributed by atoms with Gasteiger partial charge >= 0.3 is 0 Å².